The third kappa shape index (κ3) is 5.56. The maximum atomic E-state index is 12.5. The van der Waals surface area contributed by atoms with Crippen molar-refractivity contribution in [1.82, 2.24) is 4.90 Å². The van der Waals surface area contributed by atoms with E-state index in [2.05, 4.69) is 5.32 Å². The molecule has 0 saturated carbocycles. The van der Waals surface area contributed by atoms with E-state index in [0.29, 0.717) is 5.00 Å². The molecule has 0 saturated heterocycles. The lowest BCUT2D eigenvalue weighted by molar-refractivity contribution is -0.133. The van der Waals surface area contributed by atoms with Gasteiger partial charge in [-0.2, -0.15) is 5.26 Å². The highest BCUT2D eigenvalue weighted by Crippen LogP contribution is 2.34. The first-order valence-electron chi connectivity index (χ1n) is 8.18. The summed E-state index contributed by atoms with van der Waals surface area (Å²) < 4.78 is 5.14. The first kappa shape index (κ1) is 21.6. The van der Waals surface area contributed by atoms with Crippen LogP contribution in [-0.4, -0.2) is 42.9 Å². The van der Waals surface area contributed by atoms with Gasteiger partial charge in [-0.3, -0.25) is 9.59 Å². The Morgan fingerprint density at radius 3 is 2.42 bits per heavy atom. The predicted octanol–water partition coefficient (Wildman–Crippen LogP) is 2.88. The van der Waals surface area contributed by atoms with Crippen molar-refractivity contribution in [3.8, 4) is 6.07 Å². The summed E-state index contributed by atoms with van der Waals surface area (Å²) in [7, 11) is 1.54. The molecule has 0 atom stereocenters. The Morgan fingerprint density at radius 1 is 1.27 bits per heavy atom. The lowest BCUT2D eigenvalue weighted by Gasteiger charge is -2.18. The second-order valence-corrected chi connectivity index (χ2v) is 8.22. The lowest BCUT2D eigenvalue weighted by atomic mass is 9.96. The van der Waals surface area contributed by atoms with Crippen molar-refractivity contribution >= 4 is 34.1 Å². The summed E-state index contributed by atoms with van der Waals surface area (Å²) in [4.78, 5) is 38.9. The number of nitrogens with zero attached hydrogens (tertiary/aromatic N) is 2. The highest BCUT2D eigenvalue weighted by Gasteiger charge is 2.27. The Hall–Kier alpha value is -2.40. The molecule has 0 unspecified atom stereocenters. The van der Waals surface area contributed by atoms with Gasteiger partial charge in [-0.25, -0.2) is 4.79 Å². The number of thiophene rings is 1. The van der Waals surface area contributed by atoms with Gasteiger partial charge in [0.15, 0.2) is 6.61 Å². The van der Waals surface area contributed by atoms with Crippen molar-refractivity contribution in [2.24, 2.45) is 5.41 Å². The van der Waals surface area contributed by atoms with Crippen molar-refractivity contribution in [3.63, 3.8) is 0 Å². The molecular formula is C18H25N3O4S. The summed E-state index contributed by atoms with van der Waals surface area (Å²) in [6, 6.07) is 1.95. The molecule has 1 aromatic heterocycles. The molecule has 26 heavy (non-hydrogen) atoms. The maximum absolute atomic E-state index is 12.5. The highest BCUT2D eigenvalue weighted by molar-refractivity contribution is 7.16. The molecule has 0 aliphatic heterocycles. The number of nitriles is 1. The SMILES string of the molecule is Cc1sc(NC(=O)C(C)(C)C)c(C(=O)OCC(=O)N(C)CCC#N)c1C. The molecule has 8 heteroatoms. The number of nitrogens with one attached hydrogen (secondary N) is 1. The fraction of sp³-hybridized carbons (Fsp3) is 0.556. The van der Waals surface area contributed by atoms with E-state index in [0.717, 1.165) is 10.4 Å². The Morgan fingerprint density at radius 2 is 1.88 bits per heavy atom. The van der Waals surface area contributed by atoms with Crippen molar-refractivity contribution < 1.29 is 19.1 Å². The van der Waals surface area contributed by atoms with Gasteiger partial charge in [0.1, 0.15) is 5.00 Å². The molecule has 0 aliphatic rings. The third-order valence-corrected chi connectivity index (χ3v) is 4.93. The van der Waals surface area contributed by atoms with Gasteiger partial charge in [-0.15, -0.1) is 11.3 Å². The number of ether oxygens (including phenoxy) is 1. The Bertz CT molecular complexity index is 741. The summed E-state index contributed by atoms with van der Waals surface area (Å²) in [5.41, 5.74) is 0.388. The van der Waals surface area contributed by atoms with Crippen molar-refractivity contribution in [1.29, 1.82) is 5.26 Å². The summed E-state index contributed by atoms with van der Waals surface area (Å²) in [5.74, 6) is -1.25. The second-order valence-electron chi connectivity index (χ2n) is 6.99. The summed E-state index contributed by atoms with van der Waals surface area (Å²) in [5, 5.41) is 11.8. The van der Waals surface area contributed by atoms with Gasteiger partial charge in [0, 0.05) is 23.9 Å². The van der Waals surface area contributed by atoms with E-state index in [9.17, 15) is 14.4 Å². The molecule has 1 rings (SSSR count). The van der Waals surface area contributed by atoms with E-state index in [4.69, 9.17) is 10.00 Å². The van der Waals surface area contributed by atoms with Crippen LogP contribution in [0.25, 0.3) is 0 Å². The first-order chi connectivity index (χ1) is 12.0. The Kier molecular flexibility index (Phi) is 7.33. The topological polar surface area (TPSA) is 99.5 Å². The van der Waals surface area contributed by atoms with Gasteiger partial charge < -0.3 is 15.0 Å². The predicted molar refractivity (Wildman–Crippen MR) is 100 cm³/mol. The molecule has 0 radical (unpaired) electrons. The highest BCUT2D eigenvalue weighted by atomic mass is 32.1. The number of carbonyl (C=O) groups is 3. The van der Waals surface area contributed by atoms with E-state index < -0.39 is 23.9 Å². The summed E-state index contributed by atoms with van der Waals surface area (Å²) in [6.45, 7) is 8.83. The van der Waals surface area contributed by atoms with Gasteiger partial charge in [0.05, 0.1) is 18.1 Å². The molecule has 0 aromatic carbocycles. The number of rotatable bonds is 6. The number of carbonyl (C=O) groups excluding carboxylic acids is 3. The quantitative estimate of drug-likeness (QED) is 0.766. The lowest BCUT2D eigenvalue weighted by Crippen LogP contribution is -2.32. The zero-order valence-corrected chi connectivity index (χ0v) is 16.9. The number of aryl methyl sites for hydroxylation is 1. The van der Waals surface area contributed by atoms with Crippen LogP contribution in [0.2, 0.25) is 0 Å². The van der Waals surface area contributed by atoms with Crippen LogP contribution in [0, 0.1) is 30.6 Å². The zero-order chi connectivity index (χ0) is 20.1. The van der Waals surface area contributed by atoms with Crippen LogP contribution in [0.15, 0.2) is 0 Å². The van der Waals surface area contributed by atoms with Gasteiger partial charge >= 0.3 is 5.97 Å². The van der Waals surface area contributed by atoms with Gasteiger partial charge in [-0.1, -0.05) is 20.8 Å². The smallest absolute Gasteiger partial charge is 0.341 e. The Labute approximate surface area is 157 Å². The minimum Gasteiger partial charge on any atom is -0.452 e. The van der Waals surface area contributed by atoms with E-state index >= 15 is 0 Å². The molecule has 0 fully saturated rings. The van der Waals surface area contributed by atoms with E-state index in [1.807, 2.05) is 13.0 Å². The standard InChI is InChI=1S/C18H25N3O4S/c1-11-12(2)26-15(20-17(24)18(3,4)5)14(11)16(23)25-10-13(22)21(6)9-7-8-19/h7,9-10H2,1-6H3,(H,20,24). The normalized spacial score (nSPS) is 10.8. The van der Waals surface area contributed by atoms with E-state index in [-0.39, 0.29) is 24.4 Å². The van der Waals surface area contributed by atoms with E-state index in [1.165, 1.54) is 16.2 Å². The van der Waals surface area contributed by atoms with Gasteiger partial charge in [0.25, 0.3) is 5.91 Å². The number of likely N-dealkylation sites (N-methyl/N-ethyl adjacent to an activating group) is 1. The first-order valence-corrected chi connectivity index (χ1v) is 9.00. The van der Waals surface area contributed by atoms with Crippen molar-refractivity contribution in [2.45, 2.75) is 41.0 Å². The van der Waals surface area contributed by atoms with Crippen LogP contribution in [0.5, 0.6) is 0 Å². The molecule has 0 aliphatic carbocycles. The van der Waals surface area contributed by atoms with Gasteiger partial charge in [0.2, 0.25) is 5.91 Å². The van der Waals surface area contributed by atoms with Crippen LogP contribution in [0.4, 0.5) is 5.00 Å². The van der Waals surface area contributed by atoms with E-state index in [1.54, 1.807) is 34.7 Å². The van der Waals surface area contributed by atoms with Crippen molar-refractivity contribution in [2.75, 3.05) is 25.5 Å². The minimum atomic E-state index is -0.655. The maximum Gasteiger partial charge on any atom is 0.341 e. The number of hydrogen-bond acceptors (Lipinski definition) is 6. The molecule has 2 amide bonds. The number of hydrogen-bond donors (Lipinski definition) is 1. The molecule has 0 bridgehead atoms. The molecule has 7 nitrogen and oxygen atoms in total. The van der Waals surface area contributed by atoms with Crippen LogP contribution in [0.1, 0.15) is 48.0 Å². The number of esters is 1. The fourth-order valence-electron chi connectivity index (χ4n) is 1.90. The molecule has 1 N–H and O–H groups in total. The van der Waals surface area contributed by atoms with Gasteiger partial charge in [-0.05, 0) is 19.4 Å². The average Bonchev–Trinajstić information content (AvgIpc) is 2.83. The van der Waals surface area contributed by atoms with Crippen LogP contribution < -0.4 is 5.32 Å². The largest absolute Gasteiger partial charge is 0.452 e. The molecular weight excluding hydrogens is 354 g/mol. The zero-order valence-electron chi connectivity index (χ0n) is 16.1. The van der Waals surface area contributed by atoms with Crippen LogP contribution in [-0.2, 0) is 14.3 Å². The fourth-order valence-corrected chi connectivity index (χ4v) is 2.95. The monoisotopic (exact) mass is 379 g/mol. The summed E-state index contributed by atoms with van der Waals surface area (Å²) in [6.07, 6.45) is 0.210. The van der Waals surface area contributed by atoms with Crippen molar-refractivity contribution in [3.05, 3.63) is 16.0 Å². The molecule has 1 heterocycles. The van der Waals surface area contributed by atoms with Crippen LogP contribution >= 0.6 is 11.3 Å². The Balaban J connectivity index is 2.88. The number of anilines is 1. The molecule has 0 spiro atoms. The second kappa shape index (κ2) is 8.81. The third-order valence-electron chi connectivity index (χ3n) is 3.81. The number of amides is 2. The molecule has 142 valence electrons. The average molecular weight is 379 g/mol. The summed E-state index contributed by atoms with van der Waals surface area (Å²) >= 11 is 1.30. The van der Waals surface area contributed by atoms with Crippen LogP contribution in [0.3, 0.4) is 0 Å². The molecule has 1 aromatic rings. The minimum absolute atomic E-state index is 0.208.